The smallest absolute Gasteiger partial charge is 0.242 e. The fourth-order valence-corrected chi connectivity index (χ4v) is 2.15. The quantitative estimate of drug-likeness (QED) is 0.902. The molecule has 0 saturated carbocycles. The van der Waals surface area contributed by atoms with Gasteiger partial charge in [0.05, 0.1) is 16.6 Å². The number of nitrogens with one attached hydrogen (secondary N) is 1. The molecule has 0 aliphatic carbocycles. The Morgan fingerprint density at radius 2 is 2.06 bits per heavy atom. The van der Waals surface area contributed by atoms with E-state index in [1.165, 1.54) is 4.90 Å². The van der Waals surface area contributed by atoms with Gasteiger partial charge in [0.25, 0.3) is 0 Å². The molecule has 1 aliphatic heterocycles. The average Bonchev–Trinajstić information content (AvgIpc) is 2.34. The summed E-state index contributed by atoms with van der Waals surface area (Å²) in [4.78, 5) is 24.8. The van der Waals surface area contributed by atoms with E-state index in [1.54, 1.807) is 25.1 Å². The lowest BCUT2D eigenvalue weighted by atomic mass is 10.1. The van der Waals surface area contributed by atoms with Gasteiger partial charge in [0.2, 0.25) is 11.8 Å². The minimum atomic E-state index is -0.472. The molecule has 6 heteroatoms. The molecule has 1 saturated heterocycles. The number of benzene rings is 1. The van der Waals surface area contributed by atoms with Gasteiger partial charge in [-0.15, -0.1) is 0 Å². The molecule has 1 aliphatic rings. The van der Waals surface area contributed by atoms with Gasteiger partial charge in [-0.2, -0.15) is 0 Å². The average molecular weight is 287 g/mol. The molecule has 18 heavy (non-hydrogen) atoms. The number of rotatable bonds is 2. The second-order valence-electron chi connectivity index (χ2n) is 4.16. The summed E-state index contributed by atoms with van der Waals surface area (Å²) in [6, 6.07) is 4.70. The van der Waals surface area contributed by atoms with Crippen LogP contribution in [0.4, 0.5) is 0 Å². The zero-order valence-electron chi connectivity index (χ0n) is 9.74. The number of hydrogen-bond acceptors (Lipinski definition) is 2. The highest BCUT2D eigenvalue weighted by molar-refractivity contribution is 6.42. The molecule has 2 amide bonds. The summed E-state index contributed by atoms with van der Waals surface area (Å²) >= 11 is 11.7. The third-order valence-electron chi connectivity index (χ3n) is 2.92. The van der Waals surface area contributed by atoms with Crippen molar-refractivity contribution in [3.8, 4) is 0 Å². The molecule has 1 N–H and O–H groups in total. The van der Waals surface area contributed by atoms with Crippen LogP contribution in [0.3, 0.4) is 0 Å². The van der Waals surface area contributed by atoms with Crippen molar-refractivity contribution < 1.29 is 9.59 Å². The van der Waals surface area contributed by atoms with Crippen LogP contribution in [0, 0.1) is 0 Å². The first-order valence-electron chi connectivity index (χ1n) is 5.50. The summed E-state index contributed by atoms with van der Waals surface area (Å²) in [5, 5.41) is 3.45. The summed E-state index contributed by atoms with van der Waals surface area (Å²) < 4.78 is 0. The van der Waals surface area contributed by atoms with Gasteiger partial charge in [-0.3, -0.25) is 9.59 Å². The Balaban J connectivity index is 2.18. The molecule has 2 rings (SSSR count). The number of nitrogens with zero attached hydrogens (tertiary/aromatic N) is 1. The van der Waals surface area contributed by atoms with Crippen molar-refractivity contribution in [1.29, 1.82) is 0 Å². The van der Waals surface area contributed by atoms with Crippen molar-refractivity contribution >= 4 is 35.0 Å². The molecule has 0 bridgehead atoms. The maximum atomic E-state index is 11.8. The molecule has 0 radical (unpaired) electrons. The minimum absolute atomic E-state index is 0.0461. The van der Waals surface area contributed by atoms with Crippen LogP contribution in [0.5, 0.6) is 0 Å². The van der Waals surface area contributed by atoms with Crippen LogP contribution in [0.2, 0.25) is 10.0 Å². The molecule has 1 aromatic rings. The van der Waals surface area contributed by atoms with E-state index in [2.05, 4.69) is 5.32 Å². The van der Waals surface area contributed by atoms with Gasteiger partial charge >= 0.3 is 0 Å². The maximum Gasteiger partial charge on any atom is 0.242 e. The molecule has 0 spiro atoms. The zero-order chi connectivity index (χ0) is 13.3. The molecule has 0 aromatic heterocycles. The molecule has 1 aromatic carbocycles. The van der Waals surface area contributed by atoms with E-state index in [4.69, 9.17) is 23.2 Å². The summed E-state index contributed by atoms with van der Waals surface area (Å²) in [6.07, 6.45) is 0. The van der Waals surface area contributed by atoms with Gasteiger partial charge in [0.15, 0.2) is 0 Å². The largest absolute Gasteiger partial charge is 0.345 e. The number of piperazine rings is 1. The van der Waals surface area contributed by atoms with Crippen LogP contribution >= 0.6 is 23.2 Å². The lowest BCUT2D eigenvalue weighted by Gasteiger charge is -2.32. The van der Waals surface area contributed by atoms with Crippen LogP contribution < -0.4 is 5.32 Å². The zero-order valence-corrected chi connectivity index (χ0v) is 11.3. The molecular formula is C12H12Cl2N2O2. The Kier molecular flexibility index (Phi) is 3.78. The Morgan fingerprint density at radius 1 is 1.33 bits per heavy atom. The lowest BCUT2D eigenvalue weighted by molar-refractivity contribution is -0.145. The van der Waals surface area contributed by atoms with E-state index < -0.39 is 6.04 Å². The first-order valence-corrected chi connectivity index (χ1v) is 6.25. The molecule has 1 unspecified atom stereocenters. The molecular weight excluding hydrogens is 275 g/mol. The highest BCUT2D eigenvalue weighted by Crippen LogP contribution is 2.23. The minimum Gasteiger partial charge on any atom is -0.345 e. The van der Waals surface area contributed by atoms with E-state index in [-0.39, 0.29) is 18.4 Å². The first kappa shape index (κ1) is 13.2. The van der Waals surface area contributed by atoms with Crippen LogP contribution in [-0.4, -0.2) is 29.3 Å². The standard InChI is InChI=1S/C12H12Cl2N2O2/c1-7-12(18)15-5-11(17)16(7)6-8-2-3-9(13)10(14)4-8/h2-4,7H,5-6H2,1H3,(H,15,18). The molecule has 1 heterocycles. The van der Waals surface area contributed by atoms with Crippen LogP contribution in [0.25, 0.3) is 0 Å². The van der Waals surface area contributed by atoms with E-state index in [1.807, 2.05) is 0 Å². The molecule has 96 valence electrons. The highest BCUT2D eigenvalue weighted by atomic mass is 35.5. The fourth-order valence-electron chi connectivity index (χ4n) is 1.83. The van der Waals surface area contributed by atoms with Crippen LogP contribution in [0.1, 0.15) is 12.5 Å². The van der Waals surface area contributed by atoms with Gasteiger partial charge < -0.3 is 10.2 Å². The number of carbonyl (C=O) groups is 2. The highest BCUT2D eigenvalue weighted by Gasteiger charge is 2.30. The third kappa shape index (κ3) is 2.60. The lowest BCUT2D eigenvalue weighted by Crippen LogP contribution is -2.56. The van der Waals surface area contributed by atoms with Crippen LogP contribution in [-0.2, 0) is 16.1 Å². The van der Waals surface area contributed by atoms with Crippen LogP contribution in [0.15, 0.2) is 18.2 Å². The van der Waals surface area contributed by atoms with Gasteiger partial charge in [-0.25, -0.2) is 0 Å². The van der Waals surface area contributed by atoms with Crippen molar-refractivity contribution in [2.75, 3.05) is 6.54 Å². The predicted octanol–water partition coefficient (Wildman–Crippen LogP) is 1.84. The van der Waals surface area contributed by atoms with E-state index in [0.29, 0.717) is 16.6 Å². The van der Waals surface area contributed by atoms with E-state index >= 15 is 0 Å². The molecule has 1 fully saturated rings. The molecule has 1 atom stereocenters. The number of halogens is 2. The Bertz CT molecular complexity index is 505. The number of hydrogen-bond donors (Lipinski definition) is 1. The topological polar surface area (TPSA) is 49.4 Å². The monoisotopic (exact) mass is 286 g/mol. The van der Waals surface area contributed by atoms with Crippen molar-refractivity contribution in [2.24, 2.45) is 0 Å². The fraction of sp³-hybridized carbons (Fsp3) is 0.333. The Hall–Kier alpha value is -1.26. The third-order valence-corrected chi connectivity index (χ3v) is 3.66. The van der Waals surface area contributed by atoms with Crippen molar-refractivity contribution in [1.82, 2.24) is 10.2 Å². The second kappa shape index (κ2) is 5.16. The molecule has 4 nitrogen and oxygen atoms in total. The first-order chi connectivity index (χ1) is 8.49. The Morgan fingerprint density at radius 3 is 2.72 bits per heavy atom. The van der Waals surface area contributed by atoms with Gasteiger partial charge in [0, 0.05) is 6.54 Å². The second-order valence-corrected chi connectivity index (χ2v) is 4.98. The van der Waals surface area contributed by atoms with Crippen molar-refractivity contribution in [3.05, 3.63) is 33.8 Å². The maximum absolute atomic E-state index is 11.8. The number of amides is 2. The summed E-state index contributed by atoms with van der Waals surface area (Å²) in [5.74, 6) is -0.247. The van der Waals surface area contributed by atoms with Crippen molar-refractivity contribution in [3.63, 3.8) is 0 Å². The normalized spacial score (nSPS) is 19.9. The van der Waals surface area contributed by atoms with Crippen molar-refractivity contribution in [2.45, 2.75) is 19.5 Å². The van der Waals surface area contributed by atoms with Gasteiger partial charge in [-0.1, -0.05) is 29.3 Å². The SMILES string of the molecule is CC1C(=O)NCC(=O)N1Cc1ccc(Cl)c(Cl)c1. The van der Waals surface area contributed by atoms with Gasteiger partial charge in [0.1, 0.15) is 6.04 Å². The van der Waals surface area contributed by atoms with Gasteiger partial charge in [-0.05, 0) is 24.6 Å². The summed E-state index contributed by atoms with van der Waals surface area (Å²) in [5.41, 5.74) is 0.847. The predicted molar refractivity (Wildman–Crippen MR) is 69.5 cm³/mol. The van der Waals surface area contributed by atoms with E-state index in [9.17, 15) is 9.59 Å². The Labute approximate surface area is 115 Å². The summed E-state index contributed by atoms with van der Waals surface area (Å²) in [6.45, 7) is 2.10. The summed E-state index contributed by atoms with van der Waals surface area (Å²) in [7, 11) is 0. The van der Waals surface area contributed by atoms with E-state index in [0.717, 1.165) is 5.56 Å². The number of carbonyl (C=O) groups excluding carboxylic acids is 2.